The average molecular weight is 249 g/mol. The predicted octanol–water partition coefficient (Wildman–Crippen LogP) is 2.94. The molecule has 0 fully saturated rings. The fourth-order valence-electron chi connectivity index (χ4n) is 1.53. The Balaban J connectivity index is 2.58. The lowest BCUT2D eigenvalue weighted by atomic mass is 10.4. The minimum Gasteiger partial charge on any atom is -0.258 e. The molecule has 0 bridgehead atoms. The minimum absolute atomic E-state index is 0.648. The van der Waals surface area contributed by atoms with Gasteiger partial charge in [0.1, 0.15) is 0 Å². The summed E-state index contributed by atoms with van der Waals surface area (Å²) >= 11 is 0. The van der Waals surface area contributed by atoms with Crippen molar-refractivity contribution in [2.24, 2.45) is 0 Å². The zero-order chi connectivity index (χ0) is 11.4. The van der Waals surface area contributed by atoms with Crippen LogP contribution in [0.5, 0.6) is 0 Å². The van der Waals surface area contributed by atoms with Gasteiger partial charge in [0.05, 0.1) is 10.6 Å². The molecule has 0 aliphatic heterocycles. The minimum atomic E-state index is -2.93. The van der Waals surface area contributed by atoms with Crippen LogP contribution >= 0.6 is 15.0 Å². The molecule has 0 heterocycles. The normalized spacial score (nSPS) is 11.5. The third kappa shape index (κ3) is 2.00. The Morgan fingerprint density at radius 2 is 1.12 bits per heavy atom. The quantitative estimate of drug-likeness (QED) is 0.784. The molecule has 0 N–H and O–H groups in total. The smallest absolute Gasteiger partial charge is 0.258 e. The van der Waals surface area contributed by atoms with Crippen molar-refractivity contribution in [3.05, 3.63) is 60.7 Å². The molecule has 2 aromatic carbocycles. The molecule has 0 aliphatic carbocycles. The number of hydrogen-bond acceptors (Lipinski definition) is 2. The molecule has 2 rings (SSSR count). The van der Waals surface area contributed by atoms with Gasteiger partial charge in [0.15, 0.2) is 0 Å². The zero-order valence-electron chi connectivity index (χ0n) is 8.54. The lowest BCUT2D eigenvalue weighted by molar-refractivity contribution is 0.585. The molecule has 2 aromatic rings. The number of benzene rings is 2. The fourth-order valence-corrected chi connectivity index (χ4v) is 4.75. The van der Waals surface area contributed by atoms with Crippen molar-refractivity contribution in [1.29, 1.82) is 0 Å². The third-order valence-electron chi connectivity index (χ3n) is 2.37. The summed E-state index contributed by atoms with van der Waals surface area (Å²) in [6.45, 7) is -2.93. The molecular formula is C12H11O2P2+. The molecule has 0 aromatic heterocycles. The van der Waals surface area contributed by atoms with Crippen molar-refractivity contribution in [2.75, 3.05) is 0 Å². The first-order valence-corrected chi connectivity index (χ1v) is 8.34. The summed E-state index contributed by atoms with van der Waals surface area (Å²) in [7, 11) is -0.838. The molecule has 2 nitrogen and oxygen atoms in total. The van der Waals surface area contributed by atoms with E-state index in [1.807, 2.05) is 36.4 Å². The Hall–Kier alpha value is -1.23. The third-order valence-corrected chi connectivity index (χ3v) is 7.00. The van der Waals surface area contributed by atoms with E-state index in [0.29, 0.717) is 10.6 Å². The predicted molar refractivity (Wildman–Crippen MR) is 68.8 cm³/mol. The zero-order valence-corrected chi connectivity index (χ0v) is 10.4. The largest absolute Gasteiger partial charge is 0.386 e. The van der Waals surface area contributed by atoms with Gasteiger partial charge in [-0.1, -0.05) is 41.0 Å². The number of hydrogen-bond donors (Lipinski definition) is 0. The molecule has 0 saturated carbocycles. The Bertz CT molecular complexity index is 480. The lowest BCUT2D eigenvalue weighted by Gasteiger charge is -2.04. The SMILES string of the molecule is O=[PH+]P(=O)(c1ccccc1)c1ccccc1. The van der Waals surface area contributed by atoms with Gasteiger partial charge in [0, 0.05) is 0 Å². The first-order chi connectivity index (χ1) is 7.77. The van der Waals surface area contributed by atoms with Gasteiger partial charge in [0.25, 0.3) is 0 Å². The highest BCUT2D eigenvalue weighted by Gasteiger charge is 2.35. The summed E-state index contributed by atoms with van der Waals surface area (Å²) in [4.78, 5) is 0. The highest BCUT2D eigenvalue weighted by atomic mass is 32.1. The summed E-state index contributed by atoms with van der Waals surface area (Å²) in [6.07, 6.45) is 0. The summed E-state index contributed by atoms with van der Waals surface area (Å²) in [6, 6.07) is 18.0. The second-order valence-corrected chi connectivity index (χ2v) is 8.24. The Kier molecular flexibility index (Phi) is 3.33. The molecule has 0 aliphatic rings. The van der Waals surface area contributed by atoms with Crippen molar-refractivity contribution in [3.63, 3.8) is 0 Å². The van der Waals surface area contributed by atoms with Gasteiger partial charge in [0.2, 0.25) is 0 Å². The van der Waals surface area contributed by atoms with E-state index in [4.69, 9.17) is 0 Å². The van der Waals surface area contributed by atoms with E-state index >= 15 is 0 Å². The molecule has 4 heteroatoms. The summed E-state index contributed by atoms with van der Waals surface area (Å²) in [5, 5.41) is 1.30. The number of rotatable bonds is 3. The van der Waals surface area contributed by atoms with Crippen LogP contribution in [-0.4, -0.2) is 0 Å². The van der Waals surface area contributed by atoms with E-state index in [0.717, 1.165) is 0 Å². The second-order valence-electron chi connectivity index (χ2n) is 3.37. The summed E-state index contributed by atoms with van der Waals surface area (Å²) in [5.74, 6) is 0. The average Bonchev–Trinajstić information content (AvgIpc) is 2.40. The van der Waals surface area contributed by atoms with Crippen LogP contribution in [0.2, 0.25) is 0 Å². The lowest BCUT2D eigenvalue weighted by Crippen LogP contribution is -2.11. The van der Waals surface area contributed by atoms with Crippen molar-refractivity contribution in [3.8, 4) is 0 Å². The van der Waals surface area contributed by atoms with Gasteiger partial charge in [-0.05, 0) is 24.3 Å². The van der Waals surface area contributed by atoms with Crippen LogP contribution in [0.25, 0.3) is 0 Å². The van der Waals surface area contributed by atoms with Crippen molar-refractivity contribution in [1.82, 2.24) is 0 Å². The van der Waals surface area contributed by atoms with E-state index in [9.17, 15) is 9.13 Å². The van der Waals surface area contributed by atoms with Crippen LogP contribution in [0, 0.1) is 0 Å². The van der Waals surface area contributed by atoms with Crippen LogP contribution in [0.1, 0.15) is 0 Å². The van der Waals surface area contributed by atoms with E-state index in [2.05, 4.69) is 0 Å². The summed E-state index contributed by atoms with van der Waals surface area (Å²) in [5.41, 5.74) is 0. The molecule has 0 amide bonds. The van der Waals surface area contributed by atoms with Crippen LogP contribution in [0.3, 0.4) is 0 Å². The molecule has 16 heavy (non-hydrogen) atoms. The topological polar surface area (TPSA) is 34.1 Å². The maximum atomic E-state index is 12.7. The van der Waals surface area contributed by atoms with Gasteiger partial charge in [-0.25, -0.2) is 0 Å². The second kappa shape index (κ2) is 4.74. The Labute approximate surface area is 95.8 Å². The van der Waals surface area contributed by atoms with Gasteiger partial charge in [-0.15, -0.1) is 0 Å². The first kappa shape index (κ1) is 11.3. The van der Waals surface area contributed by atoms with E-state index in [1.54, 1.807) is 24.3 Å². The molecule has 80 valence electrons. The Morgan fingerprint density at radius 3 is 1.44 bits per heavy atom. The standard InChI is InChI=1S/C12H10O2P2/c13-15-16(14,11-7-3-1-4-8-11)12-9-5-2-6-10-12/h1-10H/p+1. The van der Waals surface area contributed by atoms with Gasteiger partial charge in [-0.2, -0.15) is 0 Å². The van der Waals surface area contributed by atoms with E-state index < -0.39 is 15.0 Å². The van der Waals surface area contributed by atoms with Crippen molar-refractivity contribution in [2.45, 2.75) is 0 Å². The molecule has 0 saturated heterocycles. The van der Waals surface area contributed by atoms with Gasteiger partial charge < -0.3 is 0 Å². The van der Waals surface area contributed by atoms with Crippen LogP contribution < -0.4 is 10.6 Å². The monoisotopic (exact) mass is 249 g/mol. The molecule has 0 spiro atoms. The van der Waals surface area contributed by atoms with Gasteiger partial charge >= 0.3 is 15.0 Å². The van der Waals surface area contributed by atoms with E-state index in [1.165, 1.54) is 0 Å². The highest BCUT2D eigenvalue weighted by molar-refractivity contribution is 8.27. The van der Waals surface area contributed by atoms with Crippen LogP contribution in [-0.2, 0) is 9.13 Å². The van der Waals surface area contributed by atoms with Crippen LogP contribution in [0.4, 0.5) is 0 Å². The maximum absolute atomic E-state index is 12.7. The first-order valence-electron chi connectivity index (χ1n) is 4.88. The van der Waals surface area contributed by atoms with Crippen LogP contribution in [0.15, 0.2) is 60.7 Å². The molecule has 0 radical (unpaired) electrons. The molecule has 1 atom stereocenters. The Morgan fingerprint density at radius 1 is 0.750 bits per heavy atom. The fraction of sp³-hybridized carbons (Fsp3) is 0. The van der Waals surface area contributed by atoms with Crippen molar-refractivity contribution < 1.29 is 9.13 Å². The van der Waals surface area contributed by atoms with Crippen molar-refractivity contribution >= 4 is 25.6 Å². The highest BCUT2D eigenvalue weighted by Crippen LogP contribution is 2.55. The van der Waals surface area contributed by atoms with E-state index in [-0.39, 0.29) is 0 Å². The molecular weight excluding hydrogens is 238 g/mol. The van der Waals surface area contributed by atoms with Gasteiger partial charge in [-0.3, -0.25) is 4.57 Å². The summed E-state index contributed by atoms with van der Waals surface area (Å²) < 4.78 is 24.0. The molecule has 1 unspecified atom stereocenters. The maximum Gasteiger partial charge on any atom is 0.386 e.